The number of carboxylic acid groups (broad SMARTS) is 1. The number of hydrogen-bond donors (Lipinski definition) is 1. The minimum atomic E-state index is -2.93. The summed E-state index contributed by atoms with van der Waals surface area (Å²) in [5.74, 6) is -0.559. The quantitative estimate of drug-likeness (QED) is 0.886. The van der Waals surface area contributed by atoms with Crippen LogP contribution in [0.1, 0.15) is 22.3 Å². The summed E-state index contributed by atoms with van der Waals surface area (Å²) >= 11 is 0. The number of anilines is 1. The van der Waals surface area contributed by atoms with Crippen LogP contribution < -0.4 is 4.90 Å². The average molecular weight is 283 g/mol. The van der Waals surface area contributed by atoms with Gasteiger partial charge in [0.2, 0.25) is 0 Å². The number of carbonyl (C=O) groups is 1. The molecule has 19 heavy (non-hydrogen) atoms. The standard InChI is InChI=1S/C13H17NO4S/c1-10-9-11(13(15)16)3-4-12(10)14-5-2-7-19(17,18)8-6-14/h3-4,9H,2,5-8H2,1H3,(H,15,16). The first-order valence-corrected chi connectivity index (χ1v) is 8.00. The van der Waals surface area contributed by atoms with E-state index in [4.69, 9.17) is 5.11 Å². The van der Waals surface area contributed by atoms with E-state index in [1.807, 2.05) is 11.8 Å². The lowest BCUT2D eigenvalue weighted by Crippen LogP contribution is -2.27. The molecule has 1 saturated heterocycles. The fourth-order valence-corrected chi connectivity index (χ4v) is 3.59. The Balaban J connectivity index is 2.25. The zero-order chi connectivity index (χ0) is 14.0. The molecule has 1 aliphatic rings. The molecule has 1 aromatic carbocycles. The molecule has 5 nitrogen and oxygen atoms in total. The van der Waals surface area contributed by atoms with Crippen LogP contribution in [0.4, 0.5) is 5.69 Å². The molecule has 1 fully saturated rings. The number of sulfone groups is 1. The first-order chi connectivity index (χ1) is 8.89. The SMILES string of the molecule is Cc1cc(C(=O)O)ccc1N1CCCS(=O)(=O)CC1. The second-order valence-electron chi connectivity index (χ2n) is 4.80. The van der Waals surface area contributed by atoms with Crippen LogP contribution in [0.5, 0.6) is 0 Å². The van der Waals surface area contributed by atoms with E-state index in [1.54, 1.807) is 18.2 Å². The van der Waals surface area contributed by atoms with Gasteiger partial charge in [-0.3, -0.25) is 0 Å². The first kappa shape index (κ1) is 13.9. The van der Waals surface area contributed by atoms with E-state index in [1.165, 1.54) is 0 Å². The molecule has 0 bridgehead atoms. The highest BCUT2D eigenvalue weighted by Crippen LogP contribution is 2.23. The van der Waals surface area contributed by atoms with Gasteiger partial charge in [-0.1, -0.05) is 0 Å². The van der Waals surface area contributed by atoms with Gasteiger partial charge in [-0.15, -0.1) is 0 Å². The van der Waals surface area contributed by atoms with Crippen molar-refractivity contribution in [3.8, 4) is 0 Å². The average Bonchev–Trinajstić information content (AvgIpc) is 2.50. The zero-order valence-corrected chi connectivity index (χ0v) is 11.6. The number of aryl methyl sites for hydroxylation is 1. The van der Waals surface area contributed by atoms with E-state index >= 15 is 0 Å². The third-order valence-corrected chi connectivity index (χ3v) is 5.06. The molecule has 104 valence electrons. The molecule has 2 rings (SSSR count). The maximum atomic E-state index is 11.6. The van der Waals surface area contributed by atoms with Gasteiger partial charge in [0.15, 0.2) is 9.84 Å². The molecule has 0 unspecified atom stereocenters. The van der Waals surface area contributed by atoms with Crippen LogP contribution in [0.25, 0.3) is 0 Å². The van der Waals surface area contributed by atoms with Crippen LogP contribution in [0.3, 0.4) is 0 Å². The van der Waals surface area contributed by atoms with Crippen LogP contribution in [0.15, 0.2) is 18.2 Å². The van der Waals surface area contributed by atoms with Gasteiger partial charge in [-0.05, 0) is 37.1 Å². The summed E-state index contributed by atoms with van der Waals surface area (Å²) < 4.78 is 23.1. The summed E-state index contributed by atoms with van der Waals surface area (Å²) in [6, 6.07) is 4.94. The highest BCUT2D eigenvalue weighted by molar-refractivity contribution is 7.91. The Kier molecular flexibility index (Phi) is 3.80. The fourth-order valence-electron chi connectivity index (χ4n) is 2.32. The topological polar surface area (TPSA) is 74.7 Å². The van der Waals surface area contributed by atoms with E-state index in [9.17, 15) is 13.2 Å². The molecule has 0 atom stereocenters. The van der Waals surface area contributed by atoms with Gasteiger partial charge in [0.1, 0.15) is 0 Å². The Morgan fingerprint density at radius 2 is 2.00 bits per heavy atom. The van der Waals surface area contributed by atoms with E-state index in [0.29, 0.717) is 19.5 Å². The number of rotatable bonds is 2. The van der Waals surface area contributed by atoms with E-state index in [0.717, 1.165) is 11.3 Å². The summed E-state index contributed by atoms with van der Waals surface area (Å²) in [5, 5.41) is 8.93. The molecule has 0 spiro atoms. The largest absolute Gasteiger partial charge is 0.478 e. The van der Waals surface area contributed by atoms with Crippen molar-refractivity contribution in [2.24, 2.45) is 0 Å². The van der Waals surface area contributed by atoms with Crippen molar-refractivity contribution < 1.29 is 18.3 Å². The molecule has 1 heterocycles. The predicted octanol–water partition coefficient (Wildman–Crippen LogP) is 1.32. The number of aromatic carboxylic acids is 1. The van der Waals surface area contributed by atoms with Crippen molar-refractivity contribution in [3.05, 3.63) is 29.3 Å². The second-order valence-corrected chi connectivity index (χ2v) is 7.10. The Morgan fingerprint density at radius 3 is 2.63 bits per heavy atom. The normalized spacial score (nSPS) is 18.9. The summed E-state index contributed by atoms with van der Waals surface area (Å²) in [5.41, 5.74) is 2.03. The third-order valence-electron chi connectivity index (χ3n) is 3.34. The number of benzene rings is 1. The number of hydrogen-bond acceptors (Lipinski definition) is 4. The molecule has 1 N–H and O–H groups in total. The molecule has 0 aliphatic carbocycles. The Hall–Kier alpha value is -1.56. The summed E-state index contributed by atoms with van der Waals surface area (Å²) in [7, 11) is -2.93. The first-order valence-electron chi connectivity index (χ1n) is 6.18. The number of nitrogens with zero attached hydrogens (tertiary/aromatic N) is 1. The van der Waals surface area contributed by atoms with Gasteiger partial charge < -0.3 is 10.0 Å². The van der Waals surface area contributed by atoms with Crippen molar-refractivity contribution in [3.63, 3.8) is 0 Å². The van der Waals surface area contributed by atoms with Gasteiger partial charge in [0.05, 0.1) is 17.1 Å². The Labute approximate surface area is 112 Å². The predicted molar refractivity (Wildman–Crippen MR) is 73.6 cm³/mol. The molecule has 1 aliphatic heterocycles. The maximum Gasteiger partial charge on any atom is 0.335 e. The summed E-state index contributed by atoms with van der Waals surface area (Å²) in [6.07, 6.45) is 0.614. The molecule has 0 aromatic heterocycles. The van der Waals surface area contributed by atoms with Crippen molar-refractivity contribution in [2.45, 2.75) is 13.3 Å². The van der Waals surface area contributed by atoms with Crippen molar-refractivity contribution >= 4 is 21.5 Å². The van der Waals surface area contributed by atoms with E-state index in [2.05, 4.69) is 0 Å². The fraction of sp³-hybridized carbons (Fsp3) is 0.462. The van der Waals surface area contributed by atoms with Gasteiger partial charge in [-0.25, -0.2) is 13.2 Å². The molecule has 1 aromatic rings. The second kappa shape index (κ2) is 5.21. The van der Waals surface area contributed by atoms with Crippen molar-refractivity contribution in [1.29, 1.82) is 0 Å². The Bertz CT molecular complexity index is 595. The summed E-state index contributed by atoms with van der Waals surface area (Å²) in [6.45, 7) is 3.00. The van der Waals surface area contributed by atoms with Crippen LogP contribution in [0, 0.1) is 6.92 Å². The van der Waals surface area contributed by atoms with Crippen LogP contribution >= 0.6 is 0 Å². The lowest BCUT2D eigenvalue weighted by molar-refractivity contribution is 0.0697. The van der Waals surface area contributed by atoms with Crippen LogP contribution in [-0.2, 0) is 9.84 Å². The lowest BCUT2D eigenvalue weighted by atomic mass is 10.1. The Morgan fingerprint density at radius 1 is 1.26 bits per heavy atom. The minimum Gasteiger partial charge on any atom is -0.478 e. The molecule has 0 amide bonds. The van der Waals surface area contributed by atoms with Gasteiger partial charge in [-0.2, -0.15) is 0 Å². The van der Waals surface area contributed by atoms with Crippen LogP contribution in [0.2, 0.25) is 0 Å². The van der Waals surface area contributed by atoms with Crippen LogP contribution in [-0.4, -0.2) is 44.1 Å². The summed E-state index contributed by atoms with van der Waals surface area (Å²) in [4.78, 5) is 12.9. The van der Waals surface area contributed by atoms with Gasteiger partial charge in [0, 0.05) is 18.8 Å². The van der Waals surface area contributed by atoms with Gasteiger partial charge in [0.25, 0.3) is 0 Å². The molecular formula is C13H17NO4S. The smallest absolute Gasteiger partial charge is 0.335 e. The van der Waals surface area contributed by atoms with E-state index in [-0.39, 0.29) is 17.1 Å². The number of carboxylic acids is 1. The highest BCUT2D eigenvalue weighted by atomic mass is 32.2. The minimum absolute atomic E-state index is 0.160. The third kappa shape index (κ3) is 3.26. The molecular weight excluding hydrogens is 266 g/mol. The highest BCUT2D eigenvalue weighted by Gasteiger charge is 2.20. The molecule has 6 heteroatoms. The maximum absolute atomic E-state index is 11.6. The zero-order valence-electron chi connectivity index (χ0n) is 10.8. The molecule has 0 radical (unpaired) electrons. The van der Waals surface area contributed by atoms with E-state index < -0.39 is 15.8 Å². The monoisotopic (exact) mass is 283 g/mol. The molecule has 0 saturated carbocycles. The van der Waals surface area contributed by atoms with Crippen molar-refractivity contribution in [1.82, 2.24) is 0 Å². The van der Waals surface area contributed by atoms with Crippen molar-refractivity contribution in [2.75, 3.05) is 29.5 Å². The van der Waals surface area contributed by atoms with Gasteiger partial charge >= 0.3 is 5.97 Å². The lowest BCUT2D eigenvalue weighted by Gasteiger charge is -2.24.